The highest BCUT2D eigenvalue weighted by molar-refractivity contribution is 5.78. The Labute approximate surface area is 168 Å². The molecule has 150 valence electrons. The van der Waals surface area contributed by atoms with Crippen molar-refractivity contribution < 1.29 is 9.53 Å². The summed E-state index contributed by atoms with van der Waals surface area (Å²) in [6.45, 7) is 8.27. The molecule has 0 saturated carbocycles. The van der Waals surface area contributed by atoms with Crippen molar-refractivity contribution in [3.8, 4) is 5.75 Å². The van der Waals surface area contributed by atoms with E-state index < -0.39 is 0 Å². The maximum Gasteiger partial charge on any atom is 0.234 e. The van der Waals surface area contributed by atoms with Crippen LogP contribution in [-0.2, 0) is 11.2 Å². The average Bonchev–Trinajstić information content (AvgIpc) is 2.74. The second-order valence-electron chi connectivity index (χ2n) is 7.35. The van der Waals surface area contributed by atoms with Gasteiger partial charge in [-0.1, -0.05) is 31.2 Å². The maximum absolute atomic E-state index is 12.5. The summed E-state index contributed by atoms with van der Waals surface area (Å²) in [5.74, 6) is 0.961. The number of anilines is 1. The molecule has 2 aromatic rings. The Morgan fingerprint density at radius 1 is 1.04 bits per heavy atom. The van der Waals surface area contributed by atoms with E-state index in [-0.39, 0.29) is 11.9 Å². The van der Waals surface area contributed by atoms with Crippen LogP contribution in [0, 0.1) is 0 Å². The summed E-state index contributed by atoms with van der Waals surface area (Å²) in [5.41, 5.74) is 3.67. The highest BCUT2D eigenvalue weighted by atomic mass is 16.5. The Balaban J connectivity index is 1.45. The van der Waals surface area contributed by atoms with Crippen molar-refractivity contribution in [2.75, 3.05) is 44.7 Å². The topological polar surface area (TPSA) is 44.8 Å². The number of hydrogen-bond donors (Lipinski definition) is 1. The molecule has 5 heteroatoms. The van der Waals surface area contributed by atoms with Gasteiger partial charge in [0.15, 0.2) is 0 Å². The molecule has 0 bridgehead atoms. The van der Waals surface area contributed by atoms with Crippen molar-refractivity contribution in [2.45, 2.75) is 26.3 Å². The van der Waals surface area contributed by atoms with Crippen LogP contribution in [0.25, 0.3) is 0 Å². The molecule has 1 N–H and O–H groups in total. The van der Waals surface area contributed by atoms with Gasteiger partial charge in [-0.05, 0) is 48.7 Å². The molecule has 1 unspecified atom stereocenters. The molecule has 0 aromatic heterocycles. The molecule has 1 fully saturated rings. The van der Waals surface area contributed by atoms with Crippen LogP contribution in [0.4, 0.5) is 5.69 Å². The van der Waals surface area contributed by atoms with Gasteiger partial charge in [-0.25, -0.2) is 0 Å². The third kappa shape index (κ3) is 5.26. The van der Waals surface area contributed by atoms with Crippen molar-refractivity contribution in [3.63, 3.8) is 0 Å². The van der Waals surface area contributed by atoms with Crippen LogP contribution >= 0.6 is 0 Å². The Hall–Kier alpha value is -2.53. The van der Waals surface area contributed by atoms with Crippen LogP contribution in [0.15, 0.2) is 48.5 Å². The Bertz CT molecular complexity index is 750. The zero-order chi connectivity index (χ0) is 19.9. The standard InChI is InChI=1S/C23H31N3O2/c1-4-19-5-7-20(8-6-19)18(2)24-23(27)17-25-13-15-26(16-14-25)21-9-11-22(28-3)12-10-21/h5-12,18H,4,13-17H2,1-3H3,(H,24,27). The summed E-state index contributed by atoms with van der Waals surface area (Å²) in [6.07, 6.45) is 1.03. The molecule has 0 spiro atoms. The number of rotatable bonds is 7. The highest BCUT2D eigenvalue weighted by Crippen LogP contribution is 2.20. The van der Waals surface area contributed by atoms with Crippen molar-refractivity contribution in [3.05, 3.63) is 59.7 Å². The monoisotopic (exact) mass is 381 g/mol. The zero-order valence-corrected chi connectivity index (χ0v) is 17.1. The normalized spacial score (nSPS) is 15.9. The molecular weight excluding hydrogens is 350 g/mol. The fraction of sp³-hybridized carbons (Fsp3) is 0.435. The predicted molar refractivity (Wildman–Crippen MR) is 114 cm³/mol. The molecular formula is C23H31N3O2. The first-order chi connectivity index (χ1) is 13.6. The molecule has 28 heavy (non-hydrogen) atoms. The Morgan fingerprint density at radius 2 is 1.68 bits per heavy atom. The SMILES string of the molecule is CCc1ccc(C(C)NC(=O)CN2CCN(c3ccc(OC)cc3)CC2)cc1. The molecule has 0 aliphatic carbocycles. The number of benzene rings is 2. The van der Waals surface area contributed by atoms with E-state index in [4.69, 9.17) is 4.74 Å². The second kappa shape index (κ2) is 9.60. The zero-order valence-electron chi connectivity index (χ0n) is 17.1. The van der Waals surface area contributed by atoms with Crippen LogP contribution in [0.2, 0.25) is 0 Å². The van der Waals surface area contributed by atoms with Crippen LogP contribution < -0.4 is 15.0 Å². The number of nitrogens with one attached hydrogen (secondary N) is 1. The first-order valence-electron chi connectivity index (χ1n) is 10.1. The number of nitrogens with zero attached hydrogens (tertiary/aromatic N) is 2. The smallest absolute Gasteiger partial charge is 0.234 e. The molecule has 5 nitrogen and oxygen atoms in total. The van der Waals surface area contributed by atoms with E-state index >= 15 is 0 Å². The lowest BCUT2D eigenvalue weighted by molar-refractivity contribution is -0.123. The van der Waals surface area contributed by atoms with Gasteiger partial charge in [0.2, 0.25) is 5.91 Å². The number of aryl methyl sites for hydroxylation is 1. The van der Waals surface area contributed by atoms with E-state index in [1.165, 1.54) is 11.3 Å². The summed E-state index contributed by atoms with van der Waals surface area (Å²) in [6, 6.07) is 16.7. The summed E-state index contributed by atoms with van der Waals surface area (Å²) in [7, 11) is 1.68. The third-order valence-electron chi connectivity index (χ3n) is 5.44. The lowest BCUT2D eigenvalue weighted by Gasteiger charge is -2.36. The van der Waals surface area contributed by atoms with Crippen molar-refractivity contribution in [1.82, 2.24) is 10.2 Å². The number of methoxy groups -OCH3 is 1. The van der Waals surface area contributed by atoms with Crippen molar-refractivity contribution in [1.29, 1.82) is 0 Å². The number of amides is 1. The molecule has 1 heterocycles. The van der Waals surface area contributed by atoms with Crippen molar-refractivity contribution >= 4 is 11.6 Å². The number of hydrogen-bond acceptors (Lipinski definition) is 4. The van der Waals surface area contributed by atoms with Gasteiger partial charge in [-0.15, -0.1) is 0 Å². The fourth-order valence-electron chi connectivity index (χ4n) is 3.57. The molecule has 0 radical (unpaired) electrons. The van der Waals surface area contributed by atoms with Crippen molar-refractivity contribution in [2.24, 2.45) is 0 Å². The quantitative estimate of drug-likeness (QED) is 0.800. The number of carbonyl (C=O) groups is 1. The minimum absolute atomic E-state index is 0.0268. The molecule has 3 rings (SSSR count). The number of piperazine rings is 1. The maximum atomic E-state index is 12.5. The van der Waals surface area contributed by atoms with E-state index in [1.54, 1.807) is 7.11 Å². The molecule has 1 aliphatic heterocycles. The van der Waals surface area contributed by atoms with E-state index in [9.17, 15) is 4.79 Å². The van der Waals surface area contributed by atoms with Gasteiger partial charge in [0, 0.05) is 31.9 Å². The van der Waals surface area contributed by atoms with Gasteiger partial charge in [0.1, 0.15) is 5.75 Å². The van der Waals surface area contributed by atoms with Crippen LogP contribution in [0.5, 0.6) is 5.75 Å². The molecule has 1 aliphatic rings. The minimum Gasteiger partial charge on any atom is -0.497 e. The largest absolute Gasteiger partial charge is 0.497 e. The molecule has 1 saturated heterocycles. The van der Waals surface area contributed by atoms with Crippen LogP contribution in [0.3, 0.4) is 0 Å². The number of carbonyl (C=O) groups excluding carboxylic acids is 1. The average molecular weight is 382 g/mol. The van der Waals surface area contributed by atoms with Gasteiger partial charge in [-0.3, -0.25) is 9.69 Å². The lowest BCUT2D eigenvalue weighted by Crippen LogP contribution is -2.49. The minimum atomic E-state index is 0.0268. The molecule has 1 amide bonds. The predicted octanol–water partition coefficient (Wildman–Crippen LogP) is 3.26. The van der Waals surface area contributed by atoms with E-state index in [0.29, 0.717) is 6.54 Å². The van der Waals surface area contributed by atoms with Crippen LogP contribution in [0.1, 0.15) is 31.0 Å². The van der Waals surface area contributed by atoms with E-state index in [2.05, 4.69) is 58.4 Å². The third-order valence-corrected chi connectivity index (χ3v) is 5.44. The van der Waals surface area contributed by atoms with E-state index in [1.807, 2.05) is 19.1 Å². The first kappa shape index (κ1) is 20.2. The summed E-state index contributed by atoms with van der Waals surface area (Å²) >= 11 is 0. The lowest BCUT2D eigenvalue weighted by atomic mass is 10.1. The van der Waals surface area contributed by atoms with Gasteiger partial charge in [0.25, 0.3) is 0 Å². The van der Waals surface area contributed by atoms with Gasteiger partial charge >= 0.3 is 0 Å². The van der Waals surface area contributed by atoms with Gasteiger partial charge < -0.3 is 15.0 Å². The van der Waals surface area contributed by atoms with Gasteiger partial charge in [0.05, 0.1) is 19.7 Å². The Morgan fingerprint density at radius 3 is 2.25 bits per heavy atom. The van der Waals surface area contributed by atoms with Gasteiger partial charge in [-0.2, -0.15) is 0 Å². The molecule has 1 atom stereocenters. The van der Waals surface area contributed by atoms with Crippen LogP contribution in [-0.4, -0.2) is 50.6 Å². The summed E-state index contributed by atoms with van der Waals surface area (Å²) < 4.78 is 5.22. The highest BCUT2D eigenvalue weighted by Gasteiger charge is 2.20. The summed E-state index contributed by atoms with van der Waals surface area (Å²) in [5, 5.41) is 3.13. The fourth-order valence-corrected chi connectivity index (χ4v) is 3.57. The molecule has 2 aromatic carbocycles. The Kier molecular flexibility index (Phi) is 6.93. The number of ether oxygens (including phenoxy) is 1. The summed E-state index contributed by atoms with van der Waals surface area (Å²) in [4.78, 5) is 17.0. The first-order valence-corrected chi connectivity index (χ1v) is 10.1. The second-order valence-corrected chi connectivity index (χ2v) is 7.35. The van der Waals surface area contributed by atoms with E-state index in [0.717, 1.165) is 43.9 Å².